The van der Waals surface area contributed by atoms with Crippen LogP contribution in [0.2, 0.25) is 0 Å². The maximum Gasteiger partial charge on any atom is 0.365 e. The first kappa shape index (κ1) is 21.1. The Hall–Kier alpha value is -3.19. The number of ether oxygens (including phenoxy) is 2. The fourth-order valence-corrected chi connectivity index (χ4v) is 2.35. The molecule has 7 nitrogen and oxygen atoms in total. The number of halogens is 1. The minimum atomic E-state index is -1.02. The number of Topliss-reactive ketones (excluding diaryl/α,β-unsaturated/α-hetero) is 1. The van der Waals surface area contributed by atoms with Crippen molar-refractivity contribution >= 4 is 35.0 Å². The molecule has 0 fully saturated rings. The molecule has 2 rings (SSSR count). The zero-order valence-corrected chi connectivity index (χ0v) is 15.8. The van der Waals surface area contributed by atoms with E-state index in [0.29, 0.717) is 11.1 Å². The summed E-state index contributed by atoms with van der Waals surface area (Å²) in [5.41, 5.74) is 0.765. The number of alkyl halides is 1. The van der Waals surface area contributed by atoms with Gasteiger partial charge in [-0.1, -0.05) is 65.8 Å². The molecule has 0 amide bonds. The number of benzene rings is 2. The molecule has 0 unspecified atom stereocenters. The molecule has 28 heavy (non-hydrogen) atoms. The van der Waals surface area contributed by atoms with Crippen molar-refractivity contribution in [1.82, 2.24) is 0 Å². The van der Waals surface area contributed by atoms with Gasteiger partial charge in [-0.3, -0.25) is 4.79 Å². The van der Waals surface area contributed by atoms with E-state index in [-0.39, 0.29) is 0 Å². The van der Waals surface area contributed by atoms with Crippen LogP contribution in [0.15, 0.2) is 65.8 Å². The Labute approximate surface area is 166 Å². The number of esters is 2. The van der Waals surface area contributed by atoms with Gasteiger partial charge in [0, 0.05) is 0 Å². The van der Waals surface area contributed by atoms with Crippen molar-refractivity contribution < 1.29 is 28.7 Å². The molecule has 8 heteroatoms. The molecule has 146 valence electrons. The summed E-state index contributed by atoms with van der Waals surface area (Å²) in [6.45, 7) is -0.566. The molecular weight excluding hydrogens is 386 g/mol. The number of methoxy groups -OCH3 is 1. The Bertz CT molecular complexity index is 799. The third-order valence-electron chi connectivity index (χ3n) is 3.57. The maximum atomic E-state index is 12.6. The predicted octanol–water partition coefficient (Wildman–Crippen LogP) is 2.67. The van der Waals surface area contributed by atoms with E-state index in [1.165, 1.54) is 7.11 Å². The van der Waals surface area contributed by atoms with E-state index in [9.17, 15) is 14.4 Å². The van der Waals surface area contributed by atoms with E-state index in [4.69, 9.17) is 21.2 Å². The quantitative estimate of drug-likeness (QED) is 0.210. The Morgan fingerprint density at radius 1 is 0.964 bits per heavy atom. The second kappa shape index (κ2) is 10.8. The molecule has 0 heterocycles. The van der Waals surface area contributed by atoms with Crippen molar-refractivity contribution in [1.29, 1.82) is 0 Å². The third-order valence-corrected chi connectivity index (χ3v) is 3.82. The van der Waals surface area contributed by atoms with Crippen LogP contribution in [0.3, 0.4) is 0 Å². The summed E-state index contributed by atoms with van der Waals surface area (Å²) < 4.78 is 9.95. The number of carbonyl (C=O) groups is 3. The van der Waals surface area contributed by atoms with Gasteiger partial charge in [0.05, 0.1) is 13.0 Å². The zero-order valence-electron chi connectivity index (χ0n) is 15.0. The molecule has 0 aliphatic heterocycles. The second-order valence-electron chi connectivity index (χ2n) is 5.45. The number of ketones is 1. The summed E-state index contributed by atoms with van der Waals surface area (Å²) in [4.78, 5) is 40.4. The van der Waals surface area contributed by atoms with Crippen LogP contribution >= 0.6 is 11.6 Å². The highest BCUT2D eigenvalue weighted by molar-refractivity contribution is 6.67. The Balaban J connectivity index is 2.27. The van der Waals surface area contributed by atoms with Crippen molar-refractivity contribution in [3.05, 3.63) is 71.8 Å². The molecule has 0 aliphatic carbocycles. The molecule has 2 aromatic rings. The Kier molecular flexibility index (Phi) is 8.17. The Morgan fingerprint density at radius 3 is 1.96 bits per heavy atom. The van der Waals surface area contributed by atoms with Gasteiger partial charge in [-0.05, 0) is 11.1 Å². The second-order valence-corrected chi connectivity index (χ2v) is 5.72. The van der Waals surface area contributed by atoms with Crippen molar-refractivity contribution in [2.45, 2.75) is 6.10 Å². The van der Waals surface area contributed by atoms with E-state index in [1.807, 2.05) is 12.1 Å². The molecule has 0 aliphatic rings. The van der Waals surface area contributed by atoms with Crippen LogP contribution in [0.5, 0.6) is 0 Å². The smallest absolute Gasteiger partial charge is 0.365 e. The molecule has 0 bridgehead atoms. The molecule has 0 saturated heterocycles. The fourth-order valence-electron chi connectivity index (χ4n) is 2.22. The first-order valence-corrected chi connectivity index (χ1v) is 8.77. The van der Waals surface area contributed by atoms with Crippen LogP contribution in [0.25, 0.3) is 0 Å². The van der Waals surface area contributed by atoms with E-state index in [1.54, 1.807) is 48.5 Å². The van der Waals surface area contributed by atoms with Crippen molar-refractivity contribution in [2.24, 2.45) is 5.16 Å². The van der Waals surface area contributed by atoms with Crippen LogP contribution in [0.4, 0.5) is 0 Å². The van der Waals surface area contributed by atoms with Gasteiger partial charge in [0.15, 0.2) is 6.10 Å². The van der Waals surface area contributed by atoms with E-state index in [0.717, 1.165) is 0 Å². The van der Waals surface area contributed by atoms with Crippen LogP contribution in [-0.2, 0) is 28.7 Å². The zero-order chi connectivity index (χ0) is 20.4. The number of carbonyl (C=O) groups excluding carboxylic acids is 3. The summed E-state index contributed by atoms with van der Waals surface area (Å²) >= 11 is 5.54. The van der Waals surface area contributed by atoms with E-state index >= 15 is 0 Å². The Morgan fingerprint density at radius 2 is 1.50 bits per heavy atom. The average Bonchev–Trinajstić information content (AvgIpc) is 2.75. The fraction of sp³-hybridized carbons (Fsp3) is 0.200. The maximum absolute atomic E-state index is 12.6. The van der Waals surface area contributed by atoms with Gasteiger partial charge in [-0.25, -0.2) is 9.59 Å². The summed E-state index contributed by atoms with van der Waals surface area (Å²) in [6, 6.07) is 18.0. The third kappa shape index (κ3) is 5.92. The molecule has 0 radical (unpaired) electrons. The normalized spacial score (nSPS) is 11.0. The number of hydrogen-bond donors (Lipinski definition) is 0. The summed E-state index contributed by atoms with van der Waals surface area (Å²) in [6.07, 6.45) is -0.774. The minimum Gasteiger partial charge on any atom is -0.466 e. The summed E-state index contributed by atoms with van der Waals surface area (Å²) in [5.74, 6) is -3.04. The first-order chi connectivity index (χ1) is 13.6. The lowest BCUT2D eigenvalue weighted by Crippen LogP contribution is -2.29. The van der Waals surface area contributed by atoms with Gasteiger partial charge in [0.25, 0.3) is 0 Å². The number of nitrogens with zero attached hydrogens (tertiary/aromatic N) is 1. The highest BCUT2D eigenvalue weighted by Crippen LogP contribution is 2.26. The lowest BCUT2D eigenvalue weighted by molar-refractivity contribution is -0.146. The first-order valence-electron chi connectivity index (χ1n) is 8.23. The van der Waals surface area contributed by atoms with Crippen molar-refractivity contribution in [3.63, 3.8) is 0 Å². The molecule has 0 spiro atoms. The van der Waals surface area contributed by atoms with E-state index in [2.05, 4.69) is 9.89 Å². The standard InChI is InChI=1S/C20H18ClNO6/c1-26-17(24)13-27-22-18(16(23)12-21)20(25)28-19(14-8-4-2-5-9-14)15-10-6-3-7-11-15/h2-11,19H,12-13H2,1H3/b22-18+. The van der Waals surface area contributed by atoms with Crippen LogP contribution < -0.4 is 0 Å². The van der Waals surface area contributed by atoms with Crippen LogP contribution in [0.1, 0.15) is 17.2 Å². The highest BCUT2D eigenvalue weighted by Gasteiger charge is 2.27. The number of hydrogen-bond acceptors (Lipinski definition) is 7. The van der Waals surface area contributed by atoms with Gasteiger partial charge in [-0.2, -0.15) is 0 Å². The van der Waals surface area contributed by atoms with Gasteiger partial charge in [0.2, 0.25) is 18.1 Å². The molecule has 0 aromatic heterocycles. The van der Waals surface area contributed by atoms with Gasteiger partial charge >= 0.3 is 11.9 Å². The van der Waals surface area contributed by atoms with Gasteiger partial charge < -0.3 is 14.3 Å². The van der Waals surface area contributed by atoms with Crippen LogP contribution in [0, 0.1) is 0 Å². The molecule has 0 N–H and O–H groups in total. The predicted molar refractivity (Wildman–Crippen MR) is 102 cm³/mol. The van der Waals surface area contributed by atoms with Crippen molar-refractivity contribution in [3.8, 4) is 0 Å². The molecule has 0 saturated carbocycles. The lowest BCUT2D eigenvalue weighted by atomic mass is 10.0. The minimum absolute atomic E-state index is 0.503. The molecular formula is C20H18ClNO6. The molecule has 2 aromatic carbocycles. The monoisotopic (exact) mass is 403 g/mol. The average molecular weight is 404 g/mol. The van der Waals surface area contributed by atoms with E-state index < -0.39 is 42.0 Å². The SMILES string of the molecule is COC(=O)CO/N=C(\C(=O)CCl)C(=O)OC(c1ccccc1)c1ccccc1. The topological polar surface area (TPSA) is 91.3 Å². The van der Waals surface area contributed by atoms with Crippen molar-refractivity contribution in [2.75, 3.05) is 19.6 Å². The summed E-state index contributed by atoms with van der Waals surface area (Å²) in [7, 11) is 1.17. The largest absolute Gasteiger partial charge is 0.466 e. The van der Waals surface area contributed by atoms with Gasteiger partial charge in [-0.15, -0.1) is 11.6 Å². The lowest BCUT2D eigenvalue weighted by Gasteiger charge is -2.19. The number of oxime groups is 1. The highest BCUT2D eigenvalue weighted by atomic mass is 35.5. The summed E-state index contributed by atoms with van der Waals surface area (Å²) in [5, 5.41) is 3.43. The number of rotatable bonds is 9. The molecule has 0 atom stereocenters. The van der Waals surface area contributed by atoms with Gasteiger partial charge in [0.1, 0.15) is 0 Å². The van der Waals surface area contributed by atoms with Crippen LogP contribution in [-0.4, -0.2) is 43.0 Å².